The Morgan fingerprint density at radius 3 is 2.29 bits per heavy atom. The second-order valence-corrected chi connectivity index (χ2v) is 11.9. The summed E-state index contributed by atoms with van der Waals surface area (Å²) in [5.74, 6) is 2.10. The predicted molar refractivity (Wildman–Crippen MR) is 156 cm³/mol. The Labute approximate surface area is 240 Å². The van der Waals surface area contributed by atoms with E-state index < -0.39 is 23.9 Å². The van der Waals surface area contributed by atoms with Gasteiger partial charge >= 0.3 is 11.7 Å². The van der Waals surface area contributed by atoms with E-state index >= 15 is 0 Å². The summed E-state index contributed by atoms with van der Waals surface area (Å²) in [6.45, 7) is 7.59. The van der Waals surface area contributed by atoms with Crippen molar-refractivity contribution < 1.29 is 14.7 Å². The van der Waals surface area contributed by atoms with Gasteiger partial charge in [-0.1, -0.05) is 19.1 Å². The number of piperazine rings is 1. The fourth-order valence-corrected chi connectivity index (χ4v) is 6.33. The van der Waals surface area contributed by atoms with Crippen LogP contribution in [-0.4, -0.2) is 105 Å². The van der Waals surface area contributed by atoms with Crippen molar-refractivity contribution >= 4 is 17.8 Å². The normalized spacial score (nSPS) is 24.5. The lowest BCUT2D eigenvalue weighted by atomic mass is 10.0. The molecule has 1 saturated carbocycles. The van der Waals surface area contributed by atoms with E-state index in [0.29, 0.717) is 37.9 Å². The largest absolute Gasteiger partial charge is 0.394 e. The SMILES string of the molecule is CCC(Cc1ccc(-n2ccc(NC(=O)N3CCN(C(=O)[C@@](C)(N)CO)CC3)nc2=O)cc1)N1CC2C(CN)C2C1. The molecule has 4 atom stereocenters. The number of fused-ring (bicyclic) bond motifs is 1. The van der Waals surface area contributed by atoms with Gasteiger partial charge < -0.3 is 26.4 Å². The number of piperidine rings is 1. The predicted octanol–water partition coefficient (Wildman–Crippen LogP) is 0.0759. The van der Waals surface area contributed by atoms with Crippen LogP contribution < -0.4 is 22.5 Å². The van der Waals surface area contributed by atoms with Crippen LogP contribution in [0, 0.1) is 17.8 Å². The molecule has 3 amide bonds. The molecule has 41 heavy (non-hydrogen) atoms. The zero-order valence-corrected chi connectivity index (χ0v) is 23.9. The molecule has 2 saturated heterocycles. The van der Waals surface area contributed by atoms with E-state index in [1.165, 1.54) is 17.1 Å². The summed E-state index contributed by atoms with van der Waals surface area (Å²) in [5, 5.41) is 12.0. The molecular formula is C29H42N8O4. The third-order valence-electron chi connectivity index (χ3n) is 9.06. The number of rotatable bonds is 9. The summed E-state index contributed by atoms with van der Waals surface area (Å²) in [6, 6.07) is 9.69. The number of nitrogens with one attached hydrogen (secondary N) is 1. The molecule has 2 aliphatic heterocycles. The van der Waals surface area contributed by atoms with E-state index in [4.69, 9.17) is 11.5 Å². The Morgan fingerprint density at radius 1 is 1.10 bits per heavy atom. The molecule has 6 N–H and O–H groups in total. The van der Waals surface area contributed by atoms with E-state index in [1.54, 1.807) is 22.1 Å². The number of aromatic nitrogens is 2. The van der Waals surface area contributed by atoms with Crippen molar-refractivity contribution in [3.8, 4) is 5.69 Å². The highest BCUT2D eigenvalue weighted by atomic mass is 16.3. The number of carbonyl (C=O) groups is 2. The number of likely N-dealkylation sites (tertiary alicyclic amines) is 1. The molecule has 3 heterocycles. The summed E-state index contributed by atoms with van der Waals surface area (Å²) in [6.07, 6.45) is 3.67. The van der Waals surface area contributed by atoms with Crippen LogP contribution >= 0.6 is 0 Å². The van der Waals surface area contributed by atoms with Crippen molar-refractivity contribution in [2.24, 2.45) is 29.2 Å². The number of anilines is 1. The summed E-state index contributed by atoms with van der Waals surface area (Å²) in [4.78, 5) is 47.8. The third kappa shape index (κ3) is 6.15. The van der Waals surface area contributed by atoms with Gasteiger partial charge in [-0.3, -0.25) is 19.6 Å². The standard InChI is InChI=1S/C29H42N8O4/c1-3-20(36-16-23-22(15-30)24(23)17-36)14-19-4-6-21(7-5-19)37-9-8-25(33-28(37)41)32-27(40)35-12-10-34(11-13-35)26(39)29(2,31)18-38/h4-9,20,22-24,38H,3,10-18,30-31H2,1-2H3,(H,32,33,40,41)/t20?,22?,23?,24?,29-/m0/s1. The zero-order valence-electron chi connectivity index (χ0n) is 23.9. The van der Waals surface area contributed by atoms with E-state index in [2.05, 4.69) is 34.3 Å². The first-order valence-corrected chi connectivity index (χ1v) is 14.5. The molecule has 2 aromatic rings. The molecule has 0 spiro atoms. The van der Waals surface area contributed by atoms with Gasteiger partial charge in [-0.25, -0.2) is 9.59 Å². The number of aliphatic hydroxyl groups is 1. The zero-order chi connectivity index (χ0) is 29.3. The average Bonchev–Trinajstić information content (AvgIpc) is 3.46. The Morgan fingerprint density at radius 2 is 1.73 bits per heavy atom. The van der Waals surface area contributed by atoms with Crippen LogP contribution in [0.25, 0.3) is 5.69 Å². The van der Waals surface area contributed by atoms with Crippen LogP contribution in [-0.2, 0) is 11.2 Å². The third-order valence-corrected chi connectivity index (χ3v) is 9.06. The lowest BCUT2D eigenvalue weighted by Gasteiger charge is -2.37. The minimum absolute atomic E-state index is 0.160. The molecule has 222 valence electrons. The van der Waals surface area contributed by atoms with Gasteiger partial charge in [0.05, 0.1) is 12.3 Å². The smallest absolute Gasteiger partial charge is 0.354 e. The Kier molecular flexibility index (Phi) is 8.46. The number of hydrogen-bond donors (Lipinski definition) is 4. The van der Waals surface area contributed by atoms with E-state index in [0.717, 1.165) is 50.2 Å². The van der Waals surface area contributed by atoms with Crippen LogP contribution in [0.4, 0.5) is 10.6 Å². The number of hydrogen-bond acceptors (Lipinski definition) is 8. The Hall–Kier alpha value is -3.32. The average molecular weight is 567 g/mol. The molecule has 5 rings (SSSR count). The Bertz CT molecular complexity index is 1290. The van der Waals surface area contributed by atoms with E-state index in [-0.39, 0.29) is 11.7 Å². The monoisotopic (exact) mass is 566 g/mol. The molecule has 0 radical (unpaired) electrons. The second kappa shape index (κ2) is 11.9. The first-order valence-electron chi connectivity index (χ1n) is 14.5. The van der Waals surface area contributed by atoms with Crippen molar-refractivity contribution in [3.05, 3.63) is 52.6 Å². The summed E-state index contributed by atoms with van der Waals surface area (Å²) in [5.41, 5.74) is 11.8. The fraction of sp³-hybridized carbons (Fsp3) is 0.586. The first-order chi connectivity index (χ1) is 19.6. The van der Waals surface area contributed by atoms with Gasteiger partial charge in [-0.05, 0) is 67.8 Å². The van der Waals surface area contributed by atoms with Gasteiger partial charge in [0.1, 0.15) is 11.4 Å². The van der Waals surface area contributed by atoms with Gasteiger partial charge in [0.15, 0.2) is 0 Å². The highest BCUT2D eigenvalue weighted by molar-refractivity contribution is 5.89. The van der Waals surface area contributed by atoms with E-state index in [1.807, 2.05) is 12.1 Å². The van der Waals surface area contributed by atoms with Gasteiger partial charge in [0.25, 0.3) is 0 Å². The van der Waals surface area contributed by atoms with Crippen LogP contribution in [0.15, 0.2) is 41.3 Å². The number of amides is 3. The second-order valence-electron chi connectivity index (χ2n) is 11.9. The van der Waals surface area contributed by atoms with Crippen molar-refractivity contribution in [2.45, 2.75) is 38.3 Å². The number of aliphatic hydroxyl groups excluding tert-OH is 1. The molecule has 1 aromatic carbocycles. The number of nitrogens with two attached hydrogens (primary N) is 2. The van der Waals surface area contributed by atoms with Crippen LogP contribution in [0.5, 0.6) is 0 Å². The minimum Gasteiger partial charge on any atom is -0.394 e. The first kappa shape index (κ1) is 29.2. The maximum Gasteiger partial charge on any atom is 0.354 e. The molecule has 12 nitrogen and oxygen atoms in total. The Balaban J connectivity index is 1.14. The number of urea groups is 1. The number of carbonyl (C=O) groups excluding carboxylic acids is 2. The molecule has 1 aromatic heterocycles. The molecule has 3 fully saturated rings. The molecule has 3 unspecified atom stereocenters. The topological polar surface area (TPSA) is 163 Å². The van der Waals surface area contributed by atoms with Crippen LogP contribution in [0.2, 0.25) is 0 Å². The maximum atomic E-state index is 12.8. The highest BCUT2D eigenvalue weighted by Crippen LogP contribution is 2.51. The molecule has 0 bridgehead atoms. The molecule has 12 heteroatoms. The lowest BCUT2D eigenvalue weighted by Crippen LogP contribution is -2.60. The fourth-order valence-electron chi connectivity index (χ4n) is 6.33. The summed E-state index contributed by atoms with van der Waals surface area (Å²) in [7, 11) is 0. The van der Waals surface area contributed by atoms with E-state index in [9.17, 15) is 19.5 Å². The van der Waals surface area contributed by atoms with Gasteiger partial charge in [0, 0.05) is 51.5 Å². The summed E-state index contributed by atoms with van der Waals surface area (Å²) >= 11 is 0. The van der Waals surface area contributed by atoms with Crippen molar-refractivity contribution in [2.75, 3.05) is 57.7 Å². The molecule has 3 aliphatic rings. The number of benzene rings is 1. The van der Waals surface area contributed by atoms with Gasteiger partial charge in [0.2, 0.25) is 5.91 Å². The van der Waals surface area contributed by atoms with Crippen molar-refractivity contribution in [1.82, 2.24) is 24.3 Å². The van der Waals surface area contributed by atoms with Crippen LogP contribution in [0.3, 0.4) is 0 Å². The van der Waals surface area contributed by atoms with Crippen molar-refractivity contribution in [1.29, 1.82) is 0 Å². The van der Waals surface area contributed by atoms with Crippen molar-refractivity contribution in [3.63, 3.8) is 0 Å². The minimum atomic E-state index is -1.35. The lowest BCUT2D eigenvalue weighted by molar-refractivity contribution is -0.139. The molecular weight excluding hydrogens is 524 g/mol. The van der Waals surface area contributed by atoms with Crippen LogP contribution in [0.1, 0.15) is 25.8 Å². The quantitative estimate of drug-likeness (QED) is 0.332. The maximum absolute atomic E-state index is 12.8. The number of nitrogens with zero attached hydrogens (tertiary/aromatic N) is 5. The summed E-state index contributed by atoms with van der Waals surface area (Å²) < 4.78 is 1.45. The highest BCUT2D eigenvalue weighted by Gasteiger charge is 2.55. The van der Waals surface area contributed by atoms with Gasteiger partial charge in [-0.2, -0.15) is 4.98 Å². The van der Waals surface area contributed by atoms with Gasteiger partial charge in [-0.15, -0.1) is 0 Å². The molecule has 1 aliphatic carbocycles.